The van der Waals surface area contributed by atoms with Crippen molar-refractivity contribution in [3.63, 3.8) is 0 Å². The molecule has 12 heavy (non-hydrogen) atoms. The van der Waals surface area contributed by atoms with Crippen LogP contribution in [0.1, 0.15) is 51.9 Å². The number of hydrogen-bond donors (Lipinski definition) is 0. The van der Waals surface area contributed by atoms with Crippen LogP contribution in [0.15, 0.2) is 0 Å². The van der Waals surface area contributed by atoms with Crippen LogP contribution < -0.4 is 0 Å². The Morgan fingerprint density at radius 1 is 1.08 bits per heavy atom. The zero-order valence-corrected chi connectivity index (χ0v) is 9.13. The first-order valence-electron chi connectivity index (χ1n) is 4.98. The van der Waals surface area contributed by atoms with E-state index in [1.165, 1.54) is 43.9 Å². The fourth-order valence-electron chi connectivity index (χ4n) is 1.20. The zero-order chi connectivity index (χ0) is 9.23. The van der Waals surface area contributed by atoms with E-state index in [9.17, 15) is 4.39 Å². The molecule has 0 N–H and O–H groups in total. The van der Waals surface area contributed by atoms with Gasteiger partial charge in [-0.3, -0.25) is 0 Å². The average molecular weight is 192 g/mol. The summed E-state index contributed by atoms with van der Waals surface area (Å²) in [6, 6.07) is 0. The molecule has 0 spiro atoms. The Morgan fingerprint density at radius 2 is 1.67 bits per heavy atom. The molecule has 74 valence electrons. The standard InChI is InChI=1S/C10H21FS/c1-3-4-5-6-7-8-9-10(11)12-2/h10H,3-9H2,1-2H3. The number of halogens is 1. The molecule has 0 nitrogen and oxygen atoms in total. The van der Waals surface area contributed by atoms with E-state index in [-0.39, 0.29) is 0 Å². The summed E-state index contributed by atoms with van der Waals surface area (Å²) in [6.07, 6.45) is 10.1. The van der Waals surface area contributed by atoms with E-state index in [1.54, 1.807) is 0 Å². The van der Waals surface area contributed by atoms with Gasteiger partial charge >= 0.3 is 0 Å². The van der Waals surface area contributed by atoms with E-state index in [4.69, 9.17) is 0 Å². The van der Waals surface area contributed by atoms with Gasteiger partial charge in [0.15, 0.2) is 0 Å². The molecule has 0 saturated heterocycles. The van der Waals surface area contributed by atoms with Crippen LogP contribution >= 0.6 is 11.8 Å². The molecule has 0 aliphatic carbocycles. The highest BCUT2D eigenvalue weighted by molar-refractivity contribution is 7.99. The minimum Gasteiger partial charge on any atom is -0.236 e. The largest absolute Gasteiger partial charge is 0.236 e. The third-order valence-corrected chi connectivity index (χ3v) is 2.79. The minimum atomic E-state index is -0.629. The highest BCUT2D eigenvalue weighted by Crippen LogP contribution is 2.16. The van der Waals surface area contributed by atoms with Crippen LogP contribution in [0.2, 0.25) is 0 Å². The summed E-state index contributed by atoms with van der Waals surface area (Å²) in [6.45, 7) is 2.21. The van der Waals surface area contributed by atoms with Gasteiger partial charge in [0.2, 0.25) is 0 Å². The van der Waals surface area contributed by atoms with Gasteiger partial charge in [-0.05, 0) is 19.1 Å². The maximum atomic E-state index is 12.7. The fraction of sp³-hybridized carbons (Fsp3) is 1.00. The highest BCUT2D eigenvalue weighted by Gasteiger charge is 2.01. The summed E-state index contributed by atoms with van der Waals surface area (Å²) < 4.78 is 12.7. The van der Waals surface area contributed by atoms with Crippen molar-refractivity contribution in [3.05, 3.63) is 0 Å². The first-order valence-corrected chi connectivity index (χ1v) is 6.27. The number of alkyl halides is 1. The molecule has 0 aromatic heterocycles. The molecule has 0 aliphatic heterocycles. The van der Waals surface area contributed by atoms with E-state index >= 15 is 0 Å². The van der Waals surface area contributed by atoms with Crippen molar-refractivity contribution in [1.82, 2.24) is 0 Å². The van der Waals surface area contributed by atoms with Gasteiger partial charge in [-0.2, -0.15) is 0 Å². The average Bonchev–Trinajstić information content (AvgIpc) is 2.10. The molecule has 0 aliphatic rings. The van der Waals surface area contributed by atoms with E-state index in [1.807, 2.05) is 6.26 Å². The SMILES string of the molecule is CCCCCCCCC(F)SC. The first-order chi connectivity index (χ1) is 5.81. The predicted molar refractivity (Wildman–Crippen MR) is 56.4 cm³/mol. The maximum Gasteiger partial charge on any atom is 0.145 e. The summed E-state index contributed by atoms with van der Waals surface area (Å²) in [4.78, 5) is 0. The Kier molecular flexibility index (Phi) is 9.59. The third-order valence-electron chi connectivity index (χ3n) is 2.04. The maximum absolute atomic E-state index is 12.7. The summed E-state index contributed by atoms with van der Waals surface area (Å²) in [5.74, 6) is 0. The second kappa shape index (κ2) is 9.37. The van der Waals surface area contributed by atoms with Crippen LogP contribution in [0.4, 0.5) is 4.39 Å². The van der Waals surface area contributed by atoms with Crippen molar-refractivity contribution >= 4 is 11.8 Å². The Bertz CT molecular complexity index is 85.9. The molecule has 1 atom stereocenters. The third kappa shape index (κ3) is 8.38. The van der Waals surface area contributed by atoms with Crippen molar-refractivity contribution < 1.29 is 4.39 Å². The van der Waals surface area contributed by atoms with E-state index < -0.39 is 5.50 Å². The van der Waals surface area contributed by atoms with E-state index in [0.717, 1.165) is 12.8 Å². The van der Waals surface area contributed by atoms with Crippen molar-refractivity contribution in [3.8, 4) is 0 Å². The molecule has 0 bridgehead atoms. The lowest BCUT2D eigenvalue weighted by atomic mass is 10.1. The summed E-state index contributed by atoms with van der Waals surface area (Å²) >= 11 is 1.33. The molecule has 0 amide bonds. The van der Waals surface area contributed by atoms with Crippen molar-refractivity contribution in [2.45, 2.75) is 57.4 Å². The molecule has 0 rings (SSSR count). The summed E-state index contributed by atoms with van der Waals surface area (Å²) in [5, 5.41) is 0. The second-order valence-corrected chi connectivity index (χ2v) is 4.19. The number of rotatable bonds is 8. The van der Waals surface area contributed by atoms with Gasteiger partial charge in [-0.15, -0.1) is 11.8 Å². The number of hydrogen-bond acceptors (Lipinski definition) is 1. The smallest absolute Gasteiger partial charge is 0.145 e. The monoisotopic (exact) mass is 192 g/mol. The zero-order valence-electron chi connectivity index (χ0n) is 8.31. The quantitative estimate of drug-likeness (QED) is 0.514. The van der Waals surface area contributed by atoms with Crippen LogP contribution in [-0.4, -0.2) is 11.8 Å². The van der Waals surface area contributed by atoms with Crippen LogP contribution in [-0.2, 0) is 0 Å². The van der Waals surface area contributed by atoms with Crippen LogP contribution in [0.3, 0.4) is 0 Å². The van der Waals surface area contributed by atoms with E-state index in [0.29, 0.717) is 0 Å². The van der Waals surface area contributed by atoms with Crippen LogP contribution in [0.25, 0.3) is 0 Å². The minimum absolute atomic E-state index is 0.629. The van der Waals surface area contributed by atoms with Crippen molar-refractivity contribution in [2.24, 2.45) is 0 Å². The Morgan fingerprint density at radius 3 is 2.25 bits per heavy atom. The number of unbranched alkanes of at least 4 members (excludes halogenated alkanes) is 5. The Labute approximate surface area is 80.3 Å². The topological polar surface area (TPSA) is 0 Å². The summed E-state index contributed by atoms with van der Waals surface area (Å²) in [5.41, 5.74) is -0.629. The molecule has 0 heterocycles. The summed E-state index contributed by atoms with van der Waals surface area (Å²) in [7, 11) is 0. The molecule has 1 unspecified atom stereocenters. The normalized spacial score (nSPS) is 13.2. The van der Waals surface area contributed by atoms with Gasteiger partial charge in [0.05, 0.1) is 0 Å². The molecule has 0 radical (unpaired) electrons. The Balaban J connectivity index is 2.90. The number of thioether (sulfide) groups is 1. The van der Waals surface area contributed by atoms with Gasteiger partial charge in [0.1, 0.15) is 5.50 Å². The van der Waals surface area contributed by atoms with Gasteiger partial charge in [-0.1, -0.05) is 39.0 Å². The van der Waals surface area contributed by atoms with Gasteiger partial charge in [-0.25, -0.2) is 4.39 Å². The molecular formula is C10H21FS. The first kappa shape index (κ1) is 12.3. The van der Waals surface area contributed by atoms with Crippen molar-refractivity contribution in [2.75, 3.05) is 6.26 Å². The van der Waals surface area contributed by atoms with Gasteiger partial charge in [0.25, 0.3) is 0 Å². The lowest BCUT2D eigenvalue weighted by molar-refractivity contribution is 0.412. The lowest BCUT2D eigenvalue weighted by Gasteiger charge is -2.03. The molecule has 0 saturated carbocycles. The second-order valence-electron chi connectivity index (χ2n) is 3.20. The predicted octanol–water partition coefficient (Wildman–Crippen LogP) is 4.40. The molecule has 0 fully saturated rings. The van der Waals surface area contributed by atoms with Crippen LogP contribution in [0.5, 0.6) is 0 Å². The molecule has 0 aromatic carbocycles. The molecular weight excluding hydrogens is 171 g/mol. The van der Waals surface area contributed by atoms with Crippen LogP contribution in [0, 0.1) is 0 Å². The van der Waals surface area contributed by atoms with Gasteiger partial charge in [0, 0.05) is 0 Å². The van der Waals surface area contributed by atoms with Gasteiger partial charge < -0.3 is 0 Å². The fourth-order valence-corrected chi connectivity index (χ4v) is 1.61. The highest BCUT2D eigenvalue weighted by atomic mass is 32.2. The Hall–Kier alpha value is 0.280. The molecule has 0 aromatic rings. The lowest BCUT2D eigenvalue weighted by Crippen LogP contribution is -1.91. The van der Waals surface area contributed by atoms with E-state index in [2.05, 4.69) is 6.92 Å². The molecule has 2 heteroatoms. The van der Waals surface area contributed by atoms with Crippen molar-refractivity contribution in [1.29, 1.82) is 0 Å².